The number of nitrogens with one attached hydrogen (secondary N) is 1. The standard InChI is InChI=1S/C12H22F2N2/c1-3-10-6-15-12(2,9-4-5-9)8-16(10)7-11(13)14/h9-11,15H,3-8H2,1-2H3. The predicted octanol–water partition coefficient (Wildman–Crippen LogP) is 2.10. The molecule has 0 bridgehead atoms. The van der Waals surface area contributed by atoms with Crippen LogP contribution in [0.4, 0.5) is 8.78 Å². The minimum Gasteiger partial charge on any atom is -0.308 e. The summed E-state index contributed by atoms with van der Waals surface area (Å²) >= 11 is 0. The molecule has 2 unspecified atom stereocenters. The SMILES string of the molecule is CCC1CNC(C)(C2CC2)CN1CC(F)F. The van der Waals surface area contributed by atoms with E-state index in [1.165, 1.54) is 12.8 Å². The van der Waals surface area contributed by atoms with Gasteiger partial charge in [-0.3, -0.25) is 4.90 Å². The zero-order chi connectivity index (χ0) is 11.8. The second kappa shape index (κ2) is 4.57. The summed E-state index contributed by atoms with van der Waals surface area (Å²) in [6, 6.07) is 0.279. The van der Waals surface area contributed by atoms with E-state index in [-0.39, 0.29) is 18.1 Å². The number of hydrogen-bond donors (Lipinski definition) is 1. The van der Waals surface area contributed by atoms with Crippen LogP contribution in [0.2, 0.25) is 0 Å². The Morgan fingerprint density at radius 1 is 1.44 bits per heavy atom. The molecule has 1 heterocycles. The Hall–Kier alpha value is -0.220. The van der Waals surface area contributed by atoms with Gasteiger partial charge in [0.1, 0.15) is 0 Å². The molecular weight excluding hydrogens is 210 g/mol. The van der Waals surface area contributed by atoms with Crippen molar-refractivity contribution >= 4 is 0 Å². The summed E-state index contributed by atoms with van der Waals surface area (Å²) < 4.78 is 25.1. The second-order valence-corrected chi connectivity index (χ2v) is 5.46. The van der Waals surface area contributed by atoms with E-state index >= 15 is 0 Å². The molecule has 1 N–H and O–H groups in total. The van der Waals surface area contributed by atoms with Gasteiger partial charge < -0.3 is 5.32 Å². The Morgan fingerprint density at radius 3 is 2.62 bits per heavy atom. The molecule has 2 nitrogen and oxygen atoms in total. The summed E-state index contributed by atoms with van der Waals surface area (Å²) in [7, 11) is 0. The molecule has 94 valence electrons. The van der Waals surface area contributed by atoms with Gasteiger partial charge in [-0.05, 0) is 32.1 Å². The Labute approximate surface area is 96.4 Å². The third kappa shape index (κ3) is 2.54. The van der Waals surface area contributed by atoms with Crippen LogP contribution in [0, 0.1) is 5.92 Å². The highest BCUT2D eigenvalue weighted by Crippen LogP contribution is 2.41. The van der Waals surface area contributed by atoms with Gasteiger partial charge in [0.25, 0.3) is 6.43 Å². The van der Waals surface area contributed by atoms with Gasteiger partial charge in [0.05, 0.1) is 6.54 Å². The van der Waals surface area contributed by atoms with Crippen molar-refractivity contribution in [1.29, 1.82) is 0 Å². The zero-order valence-corrected chi connectivity index (χ0v) is 10.2. The summed E-state index contributed by atoms with van der Waals surface area (Å²) in [6.45, 7) is 5.83. The van der Waals surface area contributed by atoms with Crippen LogP contribution in [0.3, 0.4) is 0 Å². The average molecular weight is 232 g/mol. The summed E-state index contributed by atoms with van der Waals surface area (Å²) in [5, 5.41) is 3.58. The molecule has 1 saturated heterocycles. The molecule has 0 aromatic rings. The fraction of sp³-hybridized carbons (Fsp3) is 1.00. The highest BCUT2D eigenvalue weighted by atomic mass is 19.3. The number of hydrogen-bond acceptors (Lipinski definition) is 2. The molecule has 4 heteroatoms. The lowest BCUT2D eigenvalue weighted by Crippen LogP contribution is -2.64. The molecule has 1 saturated carbocycles. The number of alkyl halides is 2. The van der Waals surface area contributed by atoms with E-state index in [1.54, 1.807) is 0 Å². The molecule has 0 spiro atoms. The van der Waals surface area contributed by atoms with Crippen LogP contribution < -0.4 is 5.32 Å². The summed E-state index contributed by atoms with van der Waals surface area (Å²) in [5.41, 5.74) is 0.0700. The van der Waals surface area contributed by atoms with Gasteiger partial charge in [0.2, 0.25) is 0 Å². The molecule has 2 aliphatic rings. The summed E-state index contributed by atoms with van der Waals surface area (Å²) in [5.74, 6) is 0.700. The molecule has 2 atom stereocenters. The van der Waals surface area contributed by atoms with Crippen molar-refractivity contribution < 1.29 is 8.78 Å². The lowest BCUT2D eigenvalue weighted by atomic mass is 9.90. The topological polar surface area (TPSA) is 15.3 Å². The van der Waals surface area contributed by atoms with E-state index in [4.69, 9.17) is 0 Å². The maximum Gasteiger partial charge on any atom is 0.251 e. The van der Waals surface area contributed by atoms with E-state index in [0.717, 1.165) is 19.5 Å². The van der Waals surface area contributed by atoms with Gasteiger partial charge in [-0.25, -0.2) is 8.78 Å². The van der Waals surface area contributed by atoms with Crippen molar-refractivity contribution in [2.75, 3.05) is 19.6 Å². The highest BCUT2D eigenvalue weighted by Gasteiger charge is 2.45. The minimum atomic E-state index is -2.21. The molecule has 0 aromatic heterocycles. The molecule has 0 amide bonds. The van der Waals surface area contributed by atoms with Gasteiger partial charge in [-0.1, -0.05) is 6.92 Å². The third-order valence-corrected chi connectivity index (χ3v) is 4.11. The molecule has 0 radical (unpaired) electrons. The van der Waals surface area contributed by atoms with Crippen LogP contribution in [0.5, 0.6) is 0 Å². The molecule has 2 rings (SSSR count). The van der Waals surface area contributed by atoms with Crippen LogP contribution in [0.25, 0.3) is 0 Å². The Bertz CT molecular complexity index is 243. The number of piperazine rings is 1. The molecule has 0 aromatic carbocycles. The number of rotatable bonds is 4. The van der Waals surface area contributed by atoms with Gasteiger partial charge in [-0.2, -0.15) is 0 Å². The molecule has 2 fully saturated rings. The average Bonchev–Trinajstić information content (AvgIpc) is 3.00. The van der Waals surface area contributed by atoms with E-state index in [9.17, 15) is 8.78 Å². The van der Waals surface area contributed by atoms with E-state index in [0.29, 0.717) is 5.92 Å². The Balaban J connectivity index is 1.99. The Morgan fingerprint density at radius 2 is 2.12 bits per heavy atom. The van der Waals surface area contributed by atoms with E-state index in [2.05, 4.69) is 19.2 Å². The zero-order valence-electron chi connectivity index (χ0n) is 10.2. The third-order valence-electron chi connectivity index (χ3n) is 4.11. The Kier molecular flexibility index (Phi) is 3.50. The van der Waals surface area contributed by atoms with Gasteiger partial charge >= 0.3 is 0 Å². The van der Waals surface area contributed by atoms with Crippen molar-refractivity contribution in [1.82, 2.24) is 10.2 Å². The first-order chi connectivity index (χ1) is 7.55. The quantitative estimate of drug-likeness (QED) is 0.798. The largest absolute Gasteiger partial charge is 0.308 e. The lowest BCUT2D eigenvalue weighted by molar-refractivity contribution is 0.0173. The molecule has 1 aliphatic carbocycles. The first-order valence-corrected chi connectivity index (χ1v) is 6.32. The predicted molar refractivity (Wildman–Crippen MR) is 60.8 cm³/mol. The lowest BCUT2D eigenvalue weighted by Gasteiger charge is -2.46. The fourth-order valence-electron chi connectivity index (χ4n) is 2.87. The first-order valence-electron chi connectivity index (χ1n) is 6.32. The fourth-order valence-corrected chi connectivity index (χ4v) is 2.87. The molecular formula is C12H22F2N2. The maximum absolute atomic E-state index is 12.5. The summed E-state index contributed by atoms with van der Waals surface area (Å²) in [4.78, 5) is 1.99. The highest BCUT2D eigenvalue weighted by molar-refractivity contribution is 5.03. The van der Waals surface area contributed by atoms with Crippen molar-refractivity contribution in [3.05, 3.63) is 0 Å². The first kappa shape index (κ1) is 12.2. The number of halogens is 2. The van der Waals surface area contributed by atoms with Crippen LogP contribution in [0.15, 0.2) is 0 Å². The monoisotopic (exact) mass is 232 g/mol. The van der Waals surface area contributed by atoms with Gasteiger partial charge in [-0.15, -0.1) is 0 Å². The van der Waals surface area contributed by atoms with Crippen LogP contribution >= 0.6 is 0 Å². The van der Waals surface area contributed by atoms with Crippen LogP contribution in [0.1, 0.15) is 33.1 Å². The van der Waals surface area contributed by atoms with Crippen LogP contribution in [-0.2, 0) is 0 Å². The minimum absolute atomic E-state index is 0.0670. The van der Waals surface area contributed by atoms with Crippen molar-refractivity contribution in [3.8, 4) is 0 Å². The molecule has 16 heavy (non-hydrogen) atoms. The van der Waals surface area contributed by atoms with E-state index < -0.39 is 6.43 Å². The maximum atomic E-state index is 12.5. The summed E-state index contributed by atoms with van der Waals surface area (Å²) in [6.07, 6.45) is 1.24. The van der Waals surface area contributed by atoms with Crippen LogP contribution in [-0.4, -0.2) is 42.5 Å². The van der Waals surface area contributed by atoms with E-state index in [1.807, 2.05) is 4.90 Å². The number of nitrogens with zero attached hydrogens (tertiary/aromatic N) is 1. The van der Waals surface area contributed by atoms with Crippen molar-refractivity contribution in [2.24, 2.45) is 5.92 Å². The second-order valence-electron chi connectivity index (χ2n) is 5.46. The van der Waals surface area contributed by atoms with Crippen molar-refractivity contribution in [2.45, 2.75) is 51.1 Å². The normalized spacial score (nSPS) is 36.9. The van der Waals surface area contributed by atoms with Gasteiger partial charge in [0.15, 0.2) is 0 Å². The smallest absolute Gasteiger partial charge is 0.251 e. The molecule has 1 aliphatic heterocycles. The van der Waals surface area contributed by atoms with Crippen molar-refractivity contribution in [3.63, 3.8) is 0 Å². The van der Waals surface area contributed by atoms with Gasteiger partial charge in [0, 0.05) is 24.7 Å².